The molecule has 0 radical (unpaired) electrons. The first-order valence-electron chi connectivity index (χ1n) is 6.03. The Labute approximate surface area is 111 Å². The zero-order chi connectivity index (χ0) is 13.7. The summed E-state index contributed by atoms with van der Waals surface area (Å²) in [5.74, 6) is 1.96. The summed E-state index contributed by atoms with van der Waals surface area (Å²) in [6, 6.07) is 9.49. The molecule has 0 atom stereocenters. The molecule has 100 valence electrons. The number of anilines is 3. The van der Waals surface area contributed by atoms with Crippen LogP contribution in [0.2, 0.25) is 0 Å². The molecule has 6 nitrogen and oxygen atoms in total. The van der Waals surface area contributed by atoms with Crippen molar-refractivity contribution in [2.75, 3.05) is 23.4 Å². The SMILES string of the molecule is CCOc1cccc(CNc2cc(N)nc(N)n2)c1. The predicted molar refractivity (Wildman–Crippen MR) is 75.8 cm³/mol. The lowest BCUT2D eigenvalue weighted by Gasteiger charge is -2.08. The van der Waals surface area contributed by atoms with Gasteiger partial charge in [0.05, 0.1) is 6.61 Å². The van der Waals surface area contributed by atoms with E-state index in [1.54, 1.807) is 6.07 Å². The molecule has 0 aliphatic heterocycles. The fraction of sp³-hybridized carbons (Fsp3) is 0.231. The van der Waals surface area contributed by atoms with E-state index in [1.165, 1.54) is 0 Å². The second-order valence-electron chi connectivity index (χ2n) is 3.97. The predicted octanol–water partition coefficient (Wildman–Crippen LogP) is 1.65. The maximum atomic E-state index is 5.60. The molecule has 0 saturated heterocycles. The van der Waals surface area contributed by atoms with E-state index >= 15 is 0 Å². The zero-order valence-corrected chi connectivity index (χ0v) is 10.8. The normalized spacial score (nSPS) is 10.2. The van der Waals surface area contributed by atoms with Crippen LogP contribution >= 0.6 is 0 Å². The molecule has 2 rings (SSSR count). The van der Waals surface area contributed by atoms with Gasteiger partial charge in [-0.2, -0.15) is 9.97 Å². The number of benzene rings is 1. The van der Waals surface area contributed by atoms with Gasteiger partial charge in [0, 0.05) is 12.6 Å². The molecule has 19 heavy (non-hydrogen) atoms. The topological polar surface area (TPSA) is 99.1 Å². The lowest BCUT2D eigenvalue weighted by atomic mass is 10.2. The minimum Gasteiger partial charge on any atom is -0.494 e. The lowest BCUT2D eigenvalue weighted by Crippen LogP contribution is -2.06. The fourth-order valence-electron chi connectivity index (χ4n) is 1.68. The van der Waals surface area contributed by atoms with E-state index < -0.39 is 0 Å². The summed E-state index contributed by atoms with van der Waals surface area (Å²) in [5, 5.41) is 3.15. The first kappa shape index (κ1) is 12.9. The highest BCUT2D eigenvalue weighted by molar-refractivity contribution is 5.48. The summed E-state index contributed by atoms with van der Waals surface area (Å²) < 4.78 is 5.44. The van der Waals surface area contributed by atoms with Crippen molar-refractivity contribution in [2.24, 2.45) is 0 Å². The molecule has 0 aliphatic carbocycles. The number of nitrogens with one attached hydrogen (secondary N) is 1. The second-order valence-corrected chi connectivity index (χ2v) is 3.97. The van der Waals surface area contributed by atoms with Gasteiger partial charge in [-0.3, -0.25) is 0 Å². The van der Waals surface area contributed by atoms with Gasteiger partial charge in [-0.25, -0.2) is 0 Å². The standard InChI is InChI=1S/C13H17N5O/c1-2-19-10-5-3-4-9(6-10)8-16-12-7-11(14)17-13(15)18-12/h3-7H,2,8H2,1H3,(H5,14,15,16,17,18). The molecular weight excluding hydrogens is 242 g/mol. The monoisotopic (exact) mass is 259 g/mol. The first-order chi connectivity index (χ1) is 9.17. The largest absolute Gasteiger partial charge is 0.494 e. The van der Waals surface area contributed by atoms with E-state index in [-0.39, 0.29) is 5.95 Å². The van der Waals surface area contributed by atoms with Crippen molar-refractivity contribution in [1.29, 1.82) is 0 Å². The Hall–Kier alpha value is -2.50. The zero-order valence-electron chi connectivity index (χ0n) is 10.8. The number of nitrogen functional groups attached to an aromatic ring is 2. The molecular formula is C13H17N5O. The highest BCUT2D eigenvalue weighted by Crippen LogP contribution is 2.15. The third-order valence-electron chi connectivity index (χ3n) is 2.45. The van der Waals surface area contributed by atoms with Crippen molar-refractivity contribution in [3.63, 3.8) is 0 Å². The van der Waals surface area contributed by atoms with Crippen LogP contribution in [-0.4, -0.2) is 16.6 Å². The summed E-state index contributed by atoms with van der Waals surface area (Å²) in [6.07, 6.45) is 0. The molecule has 1 heterocycles. The maximum Gasteiger partial charge on any atom is 0.223 e. The van der Waals surface area contributed by atoms with E-state index in [0.717, 1.165) is 11.3 Å². The summed E-state index contributed by atoms with van der Waals surface area (Å²) in [6.45, 7) is 3.21. The van der Waals surface area contributed by atoms with Crippen molar-refractivity contribution < 1.29 is 4.74 Å². The quantitative estimate of drug-likeness (QED) is 0.755. The third kappa shape index (κ3) is 3.74. The van der Waals surface area contributed by atoms with E-state index in [2.05, 4.69) is 15.3 Å². The number of hydrogen-bond donors (Lipinski definition) is 3. The first-order valence-corrected chi connectivity index (χ1v) is 6.03. The maximum absolute atomic E-state index is 5.60. The molecule has 0 bridgehead atoms. The summed E-state index contributed by atoms with van der Waals surface area (Å²) in [5.41, 5.74) is 12.2. The van der Waals surface area contributed by atoms with Gasteiger partial charge in [-0.05, 0) is 24.6 Å². The van der Waals surface area contributed by atoms with Gasteiger partial charge in [0.25, 0.3) is 0 Å². The van der Waals surface area contributed by atoms with Crippen molar-refractivity contribution in [3.05, 3.63) is 35.9 Å². The van der Waals surface area contributed by atoms with Crippen LogP contribution in [0.1, 0.15) is 12.5 Å². The van der Waals surface area contributed by atoms with Crippen LogP contribution in [0.4, 0.5) is 17.6 Å². The van der Waals surface area contributed by atoms with Gasteiger partial charge in [-0.15, -0.1) is 0 Å². The average molecular weight is 259 g/mol. The van der Waals surface area contributed by atoms with Crippen molar-refractivity contribution in [3.8, 4) is 5.75 Å². The molecule has 0 aliphatic rings. The Morgan fingerprint density at radius 2 is 2.05 bits per heavy atom. The van der Waals surface area contributed by atoms with Crippen LogP contribution in [0.3, 0.4) is 0 Å². The van der Waals surface area contributed by atoms with Crippen LogP contribution in [0.25, 0.3) is 0 Å². The van der Waals surface area contributed by atoms with E-state index in [9.17, 15) is 0 Å². The summed E-state index contributed by atoms with van der Waals surface area (Å²) in [4.78, 5) is 7.86. The average Bonchev–Trinajstić information content (AvgIpc) is 2.36. The molecule has 0 unspecified atom stereocenters. The second kappa shape index (κ2) is 5.90. The minimum absolute atomic E-state index is 0.158. The Morgan fingerprint density at radius 1 is 1.21 bits per heavy atom. The van der Waals surface area contributed by atoms with Gasteiger partial charge in [0.2, 0.25) is 5.95 Å². The van der Waals surface area contributed by atoms with Gasteiger partial charge in [0.15, 0.2) is 0 Å². The highest BCUT2D eigenvalue weighted by Gasteiger charge is 2.01. The van der Waals surface area contributed by atoms with E-state index in [1.807, 2.05) is 31.2 Å². The summed E-state index contributed by atoms with van der Waals surface area (Å²) >= 11 is 0. The lowest BCUT2D eigenvalue weighted by molar-refractivity contribution is 0.340. The van der Waals surface area contributed by atoms with Gasteiger partial charge in [0.1, 0.15) is 17.4 Å². The third-order valence-corrected chi connectivity index (χ3v) is 2.45. The van der Waals surface area contributed by atoms with Gasteiger partial charge in [-0.1, -0.05) is 12.1 Å². The molecule has 5 N–H and O–H groups in total. The Bertz CT molecular complexity index is 538. The number of nitrogens with zero attached hydrogens (tertiary/aromatic N) is 2. The number of rotatable bonds is 5. The Balaban J connectivity index is 2.03. The van der Waals surface area contributed by atoms with Crippen LogP contribution in [0, 0.1) is 0 Å². The van der Waals surface area contributed by atoms with Crippen molar-refractivity contribution >= 4 is 17.6 Å². The summed E-state index contributed by atoms with van der Waals surface area (Å²) in [7, 11) is 0. The molecule has 2 aromatic rings. The van der Waals surface area contributed by atoms with E-state index in [4.69, 9.17) is 16.2 Å². The van der Waals surface area contributed by atoms with Gasteiger partial charge < -0.3 is 21.5 Å². The number of nitrogens with two attached hydrogens (primary N) is 2. The van der Waals surface area contributed by atoms with Crippen molar-refractivity contribution in [2.45, 2.75) is 13.5 Å². The van der Waals surface area contributed by atoms with Gasteiger partial charge >= 0.3 is 0 Å². The molecule has 1 aromatic carbocycles. The fourth-order valence-corrected chi connectivity index (χ4v) is 1.68. The highest BCUT2D eigenvalue weighted by atomic mass is 16.5. The van der Waals surface area contributed by atoms with E-state index in [0.29, 0.717) is 24.8 Å². The molecule has 0 saturated carbocycles. The van der Waals surface area contributed by atoms with Crippen LogP contribution in [-0.2, 0) is 6.54 Å². The molecule has 0 fully saturated rings. The number of aromatic nitrogens is 2. The number of ether oxygens (including phenoxy) is 1. The molecule has 1 aromatic heterocycles. The van der Waals surface area contributed by atoms with Crippen LogP contribution < -0.4 is 21.5 Å². The molecule has 6 heteroatoms. The minimum atomic E-state index is 0.158. The van der Waals surface area contributed by atoms with Crippen LogP contribution in [0.5, 0.6) is 5.75 Å². The Kier molecular flexibility index (Phi) is 4.02. The van der Waals surface area contributed by atoms with Crippen LogP contribution in [0.15, 0.2) is 30.3 Å². The smallest absolute Gasteiger partial charge is 0.223 e. The Morgan fingerprint density at radius 3 is 2.79 bits per heavy atom. The number of hydrogen-bond acceptors (Lipinski definition) is 6. The molecule has 0 spiro atoms. The molecule has 0 amide bonds. The van der Waals surface area contributed by atoms with Crippen molar-refractivity contribution in [1.82, 2.24) is 9.97 Å².